The number of hydrogen-bond acceptors (Lipinski definition) is 1. The maximum atomic E-state index is 13.0. The van der Waals surface area contributed by atoms with Crippen molar-refractivity contribution in [3.05, 3.63) is 35.1 Å². The fourth-order valence-electron chi connectivity index (χ4n) is 1.29. The summed E-state index contributed by atoms with van der Waals surface area (Å²) in [6, 6.07) is 5.07. The Balaban J connectivity index is 2.71. The number of hydrogen-bond donors (Lipinski definition) is 1. The summed E-state index contributed by atoms with van der Waals surface area (Å²) < 4.78 is 13.0. The molecule has 0 unspecified atom stereocenters. The summed E-state index contributed by atoms with van der Waals surface area (Å²) >= 11 is 0. The van der Waals surface area contributed by atoms with Gasteiger partial charge in [0.1, 0.15) is 5.82 Å². The largest absolute Gasteiger partial charge is 0.393 e. The molecule has 0 amide bonds. The van der Waals surface area contributed by atoms with E-state index in [9.17, 15) is 4.39 Å². The Morgan fingerprint density at radius 1 is 1.46 bits per heavy atom. The molecule has 0 aliphatic rings. The molecule has 2 heteroatoms. The van der Waals surface area contributed by atoms with E-state index in [1.54, 1.807) is 19.9 Å². The summed E-state index contributed by atoms with van der Waals surface area (Å²) in [6.07, 6.45) is 1.11. The Labute approximate surface area is 78.2 Å². The highest BCUT2D eigenvalue weighted by atomic mass is 19.1. The molecule has 0 fully saturated rings. The first-order chi connectivity index (χ1) is 6.11. The number of aliphatic hydroxyl groups is 1. The fourth-order valence-corrected chi connectivity index (χ4v) is 1.29. The van der Waals surface area contributed by atoms with E-state index in [0.717, 1.165) is 12.0 Å². The molecule has 1 rings (SSSR count). The van der Waals surface area contributed by atoms with Gasteiger partial charge >= 0.3 is 0 Å². The maximum Gasteiger partial charge on any atom is 0.126 e. The van der Waals surface area contributed by atoms with Crippen molar-refractivity contribution in [1.29, 1.82) is 0 Å². The van der Waals surface area contributed by atoms with E-state index in [1.165, 1.54) is 6.07 Å². The van der Waals surface area contributed by atoms with E-state index < -0.39 is 0 Å². The van der Waals surface area contributed by atoms with Crippen LogP contribution >= 0.6 is 0 Å². The normalized spacial score (nSPS) is 12.9. The predicted octanol–water partition coefficient (Wildman–Crippen LogP) is 2.45. The van der Waals surface area contributed by atoms with Crippen LogP contribution < -0.4 is 0 Å². The number of rotatable bonds is 3. The third kappa shape index (κ3) is 2.81. The van der Waals surface area contributed by atoms with Crippen LogP contribution in [0.3, 0.4) is 0 Å². The molecule has 0 aliphatic heterocycles. The van der Waals surface area contributed by atoms with Crippen LogP contribution in [-0.4, -0.2) is 11.2 Å². The molecule has 1 nitrogen and oxygen atoms in total. The van der Waals surface area contributed by atoms with Crippen molar-refractivity contribution in [3.8, 4) is 0 Å². The van der Waals surface area contributed by atoms with E-state index >= 15 is 0 Å². The van der Waals surface area contributed by atoms with Crippen LogP contribution in [0.2, 0.25) is 0 Å². The zero-order valence-electron chi connectivity index (χ0n) is 8.05. The monoisotopic (exact) mass is 182 g/mol. The smallest absolute Gasteiger partial charge is 0.126 e. The van der Waals surface area contributed by atoms with Crippen LogP contribution in [-0.2, 0) is 6.42 Å². The van der Waals surface area contributed by atoms with Crippen molar-refractivity contribution in [2.45, 2.75) is 32.8 Å². The maximum absolute atomic E-state index is 13.0. The minimum atomic E-state index is -0.317. The fraction of sp³-hybridized carbons (Fsp3) is 0.455. The molecule has 1 N–H and O–H groups in total. The highest BCUT2D eigenvalue weighted by Crippen LogP contribution is 2.14. The van der Waals surface area contributed by atoms with E-state index in [2.05, 4.69) is 0 Å². The van der Waals surface area contributed by atoms with Gasteiger partial charge in [-0.1, -0.05) is 12.1 Å². The molecule has 0 bridgehead atoms. The second-order valence-electron chi connectivity index (χ2n) is 3.41. The lowest BCUT2D eigenvalue weighted by Gasteiger charge is -2.07. The van der Waals surface area contributed by atoms with Crippen molar-refractivity contribution >= 4 is 0 Å². The number of benzene rings is 1. The van der Waals surface area contributed by atoms with Gasteiger partial charge in [0.05, 0.1) is 6.10 Å². The van der Waals surface area contributed by atoms with Crippen LogP contribution in [0.5, 0.6) is 0 Å². The lowest BCUT2D eigenvalue weighted by molar-refractivity contribution is 0.185. The van der Waals surface area contributed by atoms with Crippen molar-refractivity contribution in [1.82, 2.24) is 0 Å². The molecule has 1 aromatic rings. The van der Waals surface area contributed by atoms with Gasteiger partial charge in [-0.05, 0) is 43.9 Å². The standard InChI is InChI=1S/C11H15FO/c1-8(13)6-7-10-4-3-5-11(12)9(10)2/h3-5,8,13H,6-7H2,1-2H3/t8-/m1/s1. The molecule has 0 heterocycles. The highest BCUT2D eigenvalue weighted by Gasteiger charge is 2.04. The van der Waals surface area contributed by atoms with Crippen molar-refractivity contribution in [2.75, 3.05) is 0 Å². The van der Waals surface area contributed by atoms with Gasteiger partial charge in [0.2, 0.25) is 0 Å². The van der Waals surface area contributed by atoms with Crippen molar-refractivity contribution < 1.29 is 9.50 Å². The lowest BCUT2D eigenvalue weighted by Crippen LogP contribution is -2.03. The third-order valence-electron chi connectivity index (χ3n) is 2.21. The molecule has 1 atom stereocenters. The average molecular weight is 182 g/mol. The minimum Gasteiger partial charge on any atom is -0.393 e. The summed E-state index contributed by atoms with van der Waals surface area (Å²) in [6.45, 7) is 3.52. The van der Waals surface area contributed by atoms with E-state index in [1.807, 2.05) is 6.07 Å². The van der Waals surface area contributed by atoms with Gasteiger partial charge < -0.3 is 5.11 Å². The van der Waals surface area contributed by atoms with E-state index in [-0.39, 0.29) is 11.9 Å². The SMILES string of the molecule is Cc1c(F)cccc1CC[C@@H](C)O. The van der Waals surface area contributed by atoms with Gasteiger partial charge in [-0.3, -0.25) is 0 Å². The van der Waals surface area contributed by atoms with Crippen LogP contribution in [0.25, 0.3) is 0 Å². The molecule has 13 heavy (non-hydrogen) atoms. The van der Waals surface area contributed by atoms with Gasteiger partial charge in [-0.2, -0.15) is 0 Å². The Kier molecular flexibility index (Phi) is 3.43. The minimum absolute atomic E-state index is 0.164. The summed E-state index contributed by atoms with van der Waals surface area (Å²) in [5.74, 6) is -0.164. The molecule has 0 saturated heterocycles. The summed E-state index contributed by atoms with van der Waals surface area (Å²) in [5.41, 5.74) is 1.68. The van der Waals surface area contributed by atoms with E-state index in [4.69, 9.17) is 5.11 Å². The average Bonchev–Trinajstić information content (AvgIpc) is 2.07. The molecule has 0 aromatic heterocycles. The first-order valence-electron chi connectivity index (χ1n) is 4.53. The first-order valence-corrected chi connectivity index (χ1v) is 4.53. The molecular weight excluding hydrogens is 167 g/mol. The molecule has 1 aromatic carbocycles. The van der Waals surface area contributed by atoms with Gasteiger partial charge in [0.25, 0.3) is 0 Å². The van der Waals surface area contributed by atoms with Crippen molar-refractivity contribution in [2.24, 2.45) is 0 Å². The van der Waals surface area contributed by atoms with Gasteiger partial charge in [0.15, 0.2) is 0 Å². The van der Waals surface area contributed by atoms with Crippen LogP contribution in [0, 0.1) is 12.7 Å². The second kappa shape index (κ2) is 4.38. The van der Waals surface area contributed by atoms with Crippen LogP contribution in [0.1, 0.15) is 24.5 Å². The number of aliphatic hydroxyl groups excluding tert-OH is 1. The van der Waals surface area contributed by atoms with Gasteiger partial charge in [-0.15, -0.1) is 0 Å². The molecule has 72 valence electrons. The quantitative estimate of drug-likeness (QED) is 0.761. The predicted molar refractivity (Wildman–Crippen MR) is 51.1 cm³/mol. The van der Waals surface area contributed by atoms with Gasteiger partial charge in [-0.25, -0.2) is 4.39 Å². The summed E-state index contributed by atoms with van der Waals surface area (Å²) in [7, 11) is 0. The zero-order chi connectivity index (χ0) is 9.84. The Morgan fingerprint density at radius 2 is 2.15 bits per heavy atom. The summed E-state index contributed by atoms with van der Waals surface area (Å²) in [5, 5.41) is 9.08. The number of halogens is 1. The Morgan fingerprint density at radius 3 is 2.77 bits per heavy atom. The first kappa shape index (κ1) is 10.2. The van der Waals surface area contributed by atoms with E-state index in [0.29, 0.717) is 12.0 Å². The molecule has 0 saturated carbocycles. The summed E-state index contributed by atoms with van der Waals surface area (Å²) in [4.78, 5) is 0. The topological polar surface area (TPSA) is 20.2 Å². The van der Waals surface area contributed by atoms with Crippen LogP contribution in [0.15, 0.2) is 18.2 Å². The molecule has 0 aliphatic carbocycles. The zero-order valence-corrected chi connectivity index (χ0v) is 8.05. The Bertz CT molecular complexity index is 281. The van der Waals surface area contributed by atoms with Gasteiger partial charge in [0, 0.05) is 0 Å². The molecule has 0 spiro atoms. The van der Waals surface area contributed by atoms with Crippen LogP contribution in [0.4, 0.5) is 4.39 Å². The third-order valence-corrected chi connectivity index (χ3v) is 2.21. The number of aryl methyl sites for hydroxylation is 1. The molecular formula is C11H15FO. The van der Waals surface area contributed by atoms with Crippen molar-refractivity contribution in [3.63, 3.8) is 0 Å². The lowest BCUT2D eigenvalue weighted by atomic mass is 10.0. The highest BCUT2D eigenvalue weighted by molar-refractivity contribution is 5.27. The Hall–Kier alpha value is -0.890. The second-order valence-corrected chi connectivity index (χ2v) is 3.41. The molecule has 0 radical (unpaired) electrons.